The zero-order valence-corrected chi connectivity index (χ0v) is 9.46. The SMILES string of the molecule is CC.CC1=CNC2C=C(C)C=CC2=C1. The lowest BCUT2D eigenvalue weighted by Crippen LogP contribution is -2.28. The van der Waals surface area contributed by atoms with Crippen LogP contribution in [-0.4, -0.2) is 6.04 Å². The summed E-state index contributed by atoms with van der Waals surface area (Å²) >= 11 is 0. The van der Waals surface area contributed by atoms with Gasteiger partial charge in [0.25, 0.3) is 0 Å². The molecule has 0 saturated carbocycles. The minimum Gasteiger partial charge on any atom is -0.380 e. The van der Waals surface area contributed by atoms with Crippen molar-refractivity contribution < 1.29 is 0 Å². The van der Waals surface area contributed by atoms with E-state index in [9.17, 15) is 0 Å². The molecule has 0 amide bonds. The molecule has 1 nitrogen and oxygen atoms in total. The zero-order valence-electron chi connectivity index (χ0n) is 9.46. The summed E-state index contributed by atoms with van der Waals surface area (Å²) in [7, 11) is 0. The number of dihydropyridines is 1. The summed E-state index contributed by atoms with van der Waals surface area (Å²) < 4.78 is 0. The molecule has 0 spiro atoms. The molecule has 0 radical (unpaired) electrons. The number of rotatable bonds is 0. The molecule has 0 bridgehead atoms. The van der Waals surface area contributed by atoms with Gasteiger partial charge in [0.15, 0.2) is 0 Å². The van der Waals surface area contributed by atoms with E-state index in [-0.39, 0.29) is 0 Å². The van der Waals surface area contributed by atoms with E-state index in [0.29, 0.717) is 6.04 Å². The van der Waals surface area contributed by atoms with Crippen LogP contribution < -0.4 is 5.32 Å². The number of hydrogen-bond acceptors (Lipinski definition) is 1. The van der Waals surface area contributed by atoms with Crippen molar-refractivity contribution in [1.29, 1.82) is 0 Å². The van der Waals surface area contributed by atoms with Crippen molar-refractivity contribution in [2.75, 3.05) is 0 Å². The van der Waals surface area contributed by atoms with Gasteiger partial charge in [-0.15, -0.1) is 0 Å². The maximum Gasteiger partial charge on any atom is 0.0698 e. The van der Waals surface area contributed by atoms with E-state index in [1.807, 2.05) is 13.8 Å². The molecule has 2 rings (SSSR count). The molecule has 0 aromatic carbocycles. The summed E-state index contributed by atoms with van der Waals surface area (Å²) in [5.74, 6) is 0. The first kappa shape index (κ1) is 10.8. The van der Waals surface area contributed by atoms with Gasteiger partial charge in [0, 0.05) is 6.20 Å². The van der Waals surface area contributed by atoms with Gasteiger partial charge in [-0.05, 0) is 25.0 Å². The minimum absolute atomic E-state index is 0.402. The highest BCUT2D eigenvalue weighted by atomic mass is 14.9. The third kappa shape index (κ3) is 2.38. The molecule has 1 aliphatic carbocycles. The quantitative estimate of drug-likeness (QED) is 0.616. The van der Waals surface area contributed by atoms with Crippen molar-refractivity contribution in [3.63, 3.8) is 0 Å². The molecule has 1 aliphatic heterocycles. The van der Waals surface area contributed by atoms with Gasteiger partial charge < -0.3 is 5.32 Å². The third-order valence-corrected chi connectivity index (χ3v) is 2.21. The molecule has 0 fully saturated rings. The second kappa shape index (κ2) is 4.85. The highest BCUT2D eigenvalue weighted by Gasteiger charge is 2.13. The number of fused-ring (bicyclic) bond motifs is 1. The fraction of sp³-hybridized carbons (Fsp3) is 0.385. The Morgan fingerprint density at radius 2 is 1.79 bits per heavy atom. The normalized spacial score (nSPS) is 23.1. The van der Waals surface area contributed by atoms with E-state index in [2.05, 4.69) is 49.7 Å². The molecular formula is C13H19N. The Labute approximate surface area is 86.9 Å². The van der Waals surface area contributed by atoms with E-state index in [0.717, 1.165) is 0 Å². The smallest absolute Gasteiger partial charge is 0.0698 e. The van der Waals surface area contributed by atoms with Gasteiger partial charge in [-0.3, -0.25) is 0 Å². The summed E-state index contributed by atoms with van der Waals surface area (Å²) in [5.41, 5.74) is 3.98. The van der Waals surface area contributed by atoms with Gasteiger partial charge in [0.1, 0.15) is 0 Å². The minimum atomic E-state index is 0.402. The topological polar surface area (TPSA) is 12.0 Å². The summed E-state index contributed by atoms with van der Waals surface area (Å²) in [6.07, 6.45) is 10.9. The largest absolute Gasteiger partial charge is 0.380 e. The van der Waals surface area contributed by atoms with E-state index in [4.69, 9.17) is 0 Å². The zero-order chi connectivity index (χ0) is 10.6. The first-order valence-corrected chi connectivity index (χ1v) is 5.26. The average Bonchev–Trinajstić information content (AvgIpc) is 2.21. The van der Waals surface area contributed by atoms with Crippen molar-refractivity contribution in [2.24, 2.45) is 0 Å². The summed E-state index contributed by atoms with van der Waals surface area (Å²) in [6.45, 7) is 8.23. The molecule has 0 aromatic heterocycles. The van der Waals surface area contributed by atoms with Gasteiger partial charge in [-0.25, -0.2) is 0 Å². The van der Waals surface area contributed by atoms with Gasteiger partial charge in [0.2, 0.25) is 0 Å². The highest BCUT2D eigenvalue weighted by Crippen LogP contribution is 2.20. The second-order valence-corrected chi connectivity index (χ2v) is 3.42. The first-order valence-electron chi connectivity index (χ1n) is 5.26. The predicted octanol–water partition coefficient (Wildman–Crippen LogP) is 3.33. The van der Waals surface area contributed by atoms with Crippen molar-refractivity contribution in [1.82, 2.24) is 5.32 Å². The van der Waals surface area contributed by atoms with Gasteiger partial charge in [-0.2, -0.15) is 0 Å². The van der Waals surface area contributed by atoms with Crippen LogP contribution in [-0.2, 0) is 0 Å². The maximum absolute atomic E-state index is 3.34. The van der Waals surface area contributed by atoms with Crippen LogP contribution in [0.3, 0.4) is 0 Å². The van der Waals surface area contributed by atoms with Crippen molar-refractivity contribution in [3.8, 4) is 0 Å². The lowest BCUT2D eigenvalue weighted by Gasteiger charge is -2.23. The van der Waals surface area contributed by atoms with Crippen LogP contribution in [0, 0.1) is 0 Å². The maximum atomic E-state index is 3.34. The van der Waals surface area contributed by atoms with Gasteiger partial charge in [0.05, 0.1) is 6.04 Å². The molecule has 1 heteroatoms. The summed E-state index contributed by atoms with van der Waals surface area (Å²) in [5, 5.41) is 3.34. The van der Waals surface area contributed by atoms with Crippen LogP contribution in [0.2, 0.25) is 0 Å². The Morgan fingerprint density at radius 1 is 1.07 bits per heavy atom. The monoisotopic (exact) mass is 189 g/mol. The van der Waals surface area contributed by atoms with Crippen LogP contribution in [0.1, 0.15) is 27.7 Å². The Bertz CT molecular complexity index is 316. The third-order valence-electron chi connectivity index (χ3n) is 2.21. The lowest BCUT2D eigenvalue weighted by molar-refractivity contribution is 0.780. The Kier molecular flexibility index (Phi) is 3.75. The summed E-state index contributed by atoms with van der Waals surface area (Å²) in [4.78, 5) is 0. The van der Waals surface area contributed by atoms with E-state index in [1.165, 1.54) is 16.7 Å². The molecule has 1 unspecified atom stereocenters. The van der Waals surface area contributed by atoms with Crippen LogP contribution in [0.15, 0.2) is 47.2 Å². The van der Waals surface area contributed by atoms with E-state index >= 15 is 0 Å². The van der Waals surface area contributed by atoms with Crippen LogP contribution in [0.25, 0.3) is 0 Å². The van der Waals surface area contributed by atoms with Gasteiger partial charge in [-0.1, -0.05) is 43.7 Å². The van der Waals surface area contributed by atoms with Crippen LogP contribution in [0.5, 0.6) is 0 Å². The average molecular weight is 189 g/mol. The fourth-order valence-corrected chi connectivity index (χ4v) is 1.55. The molecule has 76 valence electrons. The Balaban J connectivity index is 0.000000461. The fourth-order valence-electron chi connectivity index (χ4n) is 1.55. The molecule has 0 aromatic rings. The lowest BCUT2D eigenvalue weighted by atomic mass is 9.94. The first-order chi connectivity index (χ1) is 6.75. The molecule has 14 heavy (non-hydrogen) atoms. The molecular weight excluding hydrogens is 170 g/mol. The van der Waals surface area contributed by atoms with E-state index in [1.54, 1.807) is 0 Å². The number of allylic oxidation sites excluding steroid dienone is 4. The van der Waals surface area contributed by atoms with Crippen LogP contribution in [0.4, 0.5) is 0 Å². The summed E-state index contributed by atoms with van der Waals surface area (Å²) in [6, 6.07) is 0.402. The number of hydrogen-bond donors (Lipinski definition) is 1. The second-order valence-electron chi connectivity index (χ2n) is 3.42. The predicted molar refractivity (Wildman–Crippen MR) is 63.0 cm³/mol. The Morgan fingerprint density at radius 3 is 2.50 bits per heavy atom. The van der Waals surface area contributed by atoms with Crippen molar-refractivity contribution in [2.45, 2.75) is 33.7 Å². The Hall–Kier alpha value is -1.24. The van der Waals surface area contributed by atoms with Crippen molar-refractivity contribution in [3.05, 3.63) is 47.2 Å². The molecule has 0 saturated heterocycles. The molecule has 1 N–H and O–H groups in total. The molecule has 2 aliphatic rings. The van der Waals surface area contributed by atoms with Crippen molar-refractivity contribution >= 4 is 0 Å². The molecule has 1 atom stereocenters. The number of nitrogens with one attached hydrogen (secondary N) is 1. The standard InChI is InChI=1S/C11H13N.C2H6/c1-8-3-4-10-5-9(2)7-12-11(10)6-8;1-2/h3-7,11-12H,1-2H3;1-2H3. The van der Waals surface area contributed by atoms with Crippen LogP contribution >= 0.6 is 0 Å². The van der Waals surface area contributed by atoms with E-state index < -0.39 is 0 Å². The highest BCUT2D eigenvalue weighted by molar-refractivity contribution is 5.45. The molecule has 1 heterocycles. The van der Waals surface area contributed by atoms with Gasteiger partial charge >= 0.3 is 0 Å².